The van der Waals surface area contributed by atoms with Crippen LogP contribution in [0, 0.1) is 5.92 Å². The van der Waals surface area contributed by atoms with Crippen LogP contribution in [0.1, 0.15) is 16.8 Å². The van der Waals surface area contributed by atoms with E-state index in [9.17, 15) is 4.79 Å². The third-order valence-electron chi connectivity index (χ3n) is 3.31. The van der Waals surface area contributed by atoms with Crippen molar-refractivity contribution in [3.8, 4) is 5.75 Å². The van der Waals surface area contributed by atoms with E-state index in [0.717, 1.165) is 19.5 Å². The first kappa shape index (κ1) is 11.9. The predicted molar refractivity (Wildman–Crippen MR) is 67.3 cm³/mol. The molecular weight excluding hydrogens is 216 g/mol. The van der Waals surface area contributed by atoms with Gasteiger partial charge in [-0.2, -0.15) is 0 Å². The number of Topliss-reactive ketones (excluding diaryl/α,β-unsaturated/α-hetero) is 1. The summed E-state index contributed by atoms with van der Waals surface area (Å²) in [6, 6.07) is 5.35. The Morgan fingerprint density at radius 1 is 1.53 bits per heavy atom. The maximum absolute atomic E-state index is 12.3. The Balaban J connectivity index is 2.25. The smallest absolute Gasteiger partial charge is 0.169 e. The summed E-state index contributed by atoms with van der Waals surface area (Å²) in [4.78, 5) is 14.5. The Hall–Kier alpha value is -1.55. The molecule has 1 aromatic carbocycles. The van der Waals surface area contributed by atoms with Crippen molar-refractivity contribution in [2.75, 3.05) is 33.0 Å². The minimum atomic E-state index is 0.0643. The van der Waals surface area contributed by atoms with Crippen LogP contribution in [0.15, 0.2) is 18.2 Å². The SMILES string of the molecule is COc1cccc(C(=O)C2CCN(C)C2)c1N. The van der Waals surface area contributed by atoms with Crippen LogP contribution in [-0.4, -0.2) is 37.9 Å². The Morgan fingerprint density at radius 3 is 2.88 bits per heavy atom. The highest BCUT2D eigenvalue weighted by molar-refractivity contribution is 6.03. The molecule has 17 heavy (non-hydrogen) atoms. The van der Waals surface area contributed by atoms with Crippen LogP contribution in [0.25, 0.3) is 0 Å². The van der Waals surface area contributed by atoms with Gasteiger partial charge in [-0.15, -0.1) is 0 Å². The molecule has 0 aliphatic carbocycles. The number of likely N-dealkylation sites (tertiary alicyclic amines) is 1. The van der Waals surface area contributed by atoms with Gasteiger partial charge in [-0.1, -0.05) is 6.07 Å². The van der Waals surface area contributed by atoms with Crippen molar-refractivity contribution in [2.45, 2.75) is 6.42 Å². The van der Waals surface area contributed by atoms with Gasteiger partial charge in [0.15, 0.2) is 5.78 Å². The maximum atomic E-state index is 12.3. The van der Waals surface area contributed by atoms with E-state index in [2.05, 4.69) is 4.90 Å². The highest BCUT2D eigenvalue weighted by Gasteiger charge is 2.28. The molecule has 1 heterocycles. The highest BCUT2D eigenvalue weighted by Crippen LogP contribution is 2.29. The molecule has 2 rings (SSSR count). The van der Waals surface area contributed by atoms with Crippen LogP contribution in [-0.2, 0) is 0 Å². The molecule has 4 heteroatoms. The van der Waals surface area contributed by atoms with Gasteiger partial charge < -0.3 is 15.4 Å². The van der Waals surface area contributed by atoms with Gasteiger partial charge in [0.2, 0.25) is 0 Å². The lowest BCUT2D eigenvalue weighted by atomic mass is 9.95. The zero-order chi connectivity index (χ0) is 12.4. The normalized spacial score (nSPS) is 20.5. The number of para-hydroxylation sites is 1. The summed E-state index contributed by atoms with van der Waals surface area (Å²) in [5, 5.41) is 0. The number of ether oxygens (including phenoxy) is 1. The molecule has 0 aromatic heterocycles. The molecule has 92 valence electrons. The van der Waals surface area contributed by atoms with Crippen LogP contribution in [0.3, 0.4) is 0 Å². The Kier molecular flexibility index (Phi) is 3.33. The lowest BCUT2D eigenvalue weighted by Crippen LogP contribution is -2.20. The number of methoxy groups -OCH3 is 1. The number of hydrogen-bond acceptors (Lipinski definition) is 4. The lowest BCUT2D eigenvalue weighted by Gasteiger charge is -2.13. The maximum Gasteiger partial charge on any atom is 0.169 e. The first-order chi connectivity index (χ1) is 8.13. The quantitative estimate of drug-likeness (QED) is 0.634. The standard InChI is InChI=1S/C13H18N2O2/c1-15-7-6-9(8-15)13(16)10-4-3-5-11(17-2)12(10)14/h3-5,9H,6-8,14H2,1-2H3. The number of nitrogens with zero attached hydrogens (tertiary/aromatic N) is 1. The fourth-order valence-corrected chi connectivity index (χ4v) is 2.31. The van der Waals surface area contributed by atoms with E-state index in [0.29, 0.717) is 17.0 Å². The predicted octanol–water partition coefficient (Wildman–Crippen LogP) is 1.41. The topological polar surface area (TPSA) is 55.6 Å². The first-order valence-corrected chi connectivity index (χ1v) is 5.78. The van der Waals surface area contributed by atoms with Crippen molar-refractivity contribution in [3.63, 3.8) is 0 Å². The summed E-state index contributed by atoms with van der Waals surface area (Å²) in [7, 11) is 3.59. The van der Waals surface area contributed by atoms with Gasteiger partial charge in [0.1, 0.15) is 5.75 Å². The molecule has 1 saturated heterocycles. The average Bonchev–Trinajstić information content (AvgIpc) is 2.75. The van der Waals surface area contributed by atoms with Crippen molar-refractivity contribution in [2.24, 2.45) is 5.92 Å². The second-order valence-electron chi connectivity index (χ2n) is 4.53. The molecule has 1 aliphatic heterocycles. The molecule has 0 radical (unpaired) electrons. The van der Waals surface area contributed by atoms with Crippen LogP contribution in [0.5, 0.6) is 5.75 Å². The van der Waals surface area contributed by atoms with E-state index >= 15 is 0 Å². The summed E-state index contributed by atoms with van der Waals surface area (Å²) in [5.41, 5.74) is 6.98. The second-order valence-corrected chi connectivity index (χ2v) is 4.53. The minimum absolute atomic E-state index is 0.0643. The fourth-order valence-electron chi connectivity index (χ4n) is 2.31. The van der Waals surface area contributed by atoms with Crippen molar-refractivity contribution in [1.29, 1.82) is 0 Å². The third kappa shape index (κ3) is 2.26. The van der Waals surface area contributed by atoms with Crippen LogP contribution < -0.4 is 10.5 Å². The van der Waals surface area contributed by atoms with E-state index in [4.69, 9.17) is 10.5 Å². The number of ketones is 1. The largest absolute Gasteiger partial charge is 0.495 e. The molecule has 0 spiro atoms. The molecule has 2 N–H and O–H groups in total. The van der Waals surface area contributed by atoms with Gasteiger partial charge in [-0.25, -0.2) is 0 Å². The lowest BCUT2D eigenvalue weighted by molar-refractivity contribution is 0.0925. The molecule has 0 saturated carbocycles. The molecule has 4 nitrogen and oxygen atoms in total. The Bertz CT molecular complexity index is 431. The van der Waals surface area contributed by atoms with Crippen LogP contribution in [0.4, 0.5) is 5.69 Å². The fraction of sp³-hybridized carbons (Fsp3) is 0.462. The number of nitrogen functional groups attached to an aromatic ring is 1. The number of carbonyl (C=O) groups excluding carboxylic acids is 1. The molecular formula is C13H18N2O2. The number of hydrogen-bond donors (Lipinski definition) is 1. The van der Waals surface area contributed by atoms with E-state index in [1.165, 1.54) is 0 Å². The van der Waals surface area contributed by atoms with Crippen molar-refractivity contribution < 1.29 is 9.53 Å². The van der Waals surface area contributed by atoms with Crippen molar-refractivity contribution >= 4 is 11.5 Å². The monoisotopic (exact) mass is 234 g/mol. The number of rotatable bonds is 3. The Labute approximate surface area is 101 Å². The second kappa shape index (κ2) is 4.75. The molecule has 1 atom stereocenters. The zero-order valence-corrected chi connectivity index (χ0v) is 10.3. The van der Waals surface area contributed by atoms with Gasteiger partial charge in [0, 0.05) is 18.0 Å². The molecule has 1 aromatic rings. The van der Waals surface area contributed by atoms with E-state index in [1.54, 1.807) is 25.3 Å². The summed E-state index contributed by atoms with van der Waals surface area (Å²) >= 11 is 0. The summed E-state index contributed by atoms with van der Waals surface area (Å²) in [5.74, 6) is 0.766. The Morgan fingerprint density at radius 2 is 2.29 bits per heavy atom. The molecule has 1 fully saturated rings. The summed E-state index contributed by atoms with van der Waals surface area (Å²) in [6.45, 7) is 1.79. The summed E-state index contributed by atoms with van der Waals surface area (Å²) < 4.78 is 5.13. The van der Waals surface area contributed by atoms with Crippen LogP contribution >= 0.6 is 0 Å². The number of carbonyl (C=O) groups is 1. The summed E-state index contributed by atoms with van der Waals surface area (Å²) in [6.07, 6.45) is 0.909. The number of nitrogens with two attached hydrogens (primary N) is 1. The average molecular weight is 234 g/mol. The first-order valence-electron chi connectivity index (χ1n) is 5.78. The van der Waals surface area contributed by atoms with Gasteiger partial charge in [0.25, 0.3) is 0 Å². The van der Waals surface area contributed by atoms with Gasteiger partial charge >= 0.3 is 0 Å². The van der Waals surface area contributed by atoms with Gasteiger partial charge in [-0.3, -0.25) is 4.79 Å². The van der Waals surface area contributed by atoms with Crippen molar-refractivity contribution in [3.05, 3.63) is 23.8 Å². The van der Waals surface area contributed by atoms with Gasteiger partial charge in [0.05, 0.1) is 12.8 Å². The molecule has 1 unspecified atom stereocenters. The van der Waals surface area contributed by atoms with Gasteiger partial charge in [-0.05, 0) is 32.1 Å². The molecule has 0 amide bonds. The van der Waals surface area contributed by atoms with E-state index in [-0.39, 0.29) is 11.7 Å². The highest BCUT2D eigenvalue weighted by atomic mass is 16.5. The van der Waals surface area contributed by atoms with E-state index < -0.39 is 0 Å². The third-order valence-corrected chi connectivity index (χ3v) is 3.31. The molecule has 1 aliphatic rings. The van der Waals surface area contributed by atoms with Crippen LogP contribution in [0.2, 0.25) is 0 Å². The number of anilines is 1. The minimum Gasteiger partial charge on any atom is -0.495 e. The number of benzene rings is 1. The van der Waals surface area contributed by atoms with Crippen molar-refractivity contribution in [1.82, 2.24) is 4.90 Å². The zero-order valence-electron chi connectivity index (χ0n) is 10.3. The molecule has 0 bridgehead atoms. The van der Waals surface area contributed by atoms with E-state index in [1.807, 2.05) is 7.05 Å².